The second-order valence-corrected chi connectivity index (χ2v) is 8.52. The highest BCUT2D eigenvalue weighted by atomic mass is 35.5. The van der Waals surface area contributed by atoms with Gasteiger partial charge in [0.2, 0.25) is 15.9 Å². The van der Waals surface area contributed by atoms with Crippen molar-refractivity contribution in [2.75, 3.05) is 15.9 Å². The molecular formula is C20H19ClN2O3S. The fourth-order valence-corrected chi connectivity index (χ4v) is 4.27. The average molecular weight is 403 g/mol. The quantitative estimate of drug-likeness (QED) is 0.692. The Morgan fingerprint density at radius 1 is 1.00 bits per heavy atom. The highest BCUT2D eigenvalue weighted by Crippen LogP contribution is 2.26. The van der Waals surface area contributed by atoms with Crippen LogP contribution in [0, 0.1) is 0 Å². The number of carbonyl (C=O) groups excluding carboxylic acids is 1. The van der Waals surface area contributed by atoms with Gasteiger partial charge in [-0.3, -0.25) is 9.10 Å². The fourth-order valence-electron chi connectivity index (χ4n) is 2.97. The minimum absolute atomic E-state index is 0.377. The Morgan fingerprint density at radius 2 is 1.63 bits per heavy atom. The molecule has 3 aromatic carbocycles. The van der Waals surface area contributed by atoms with Crippen molar-refractivity contribution in [1.82, 2.24) is 0 Å². The molecule has 0 radical (unpaired) electrons. The molecule has 0 fully saturated rings. The molecule has 0 saturated heterocycles. The summed E-state index contributed by atoms with van der Waals surface area (Å²) in [5.41, 5.74) is 1.01. The number of benzene rings is 3. The maximum absolute atomic E-state index is 12.8. The molecule has 1 N–H and O–H groups in total. The molecule has 0 aliphatic carbocycles. The average Bonchev–Trinajstić information content (AvgIpc) is 2.62. The molecule has 0 saturated carbocycles. The molecule has 0 spiro atoms. The van der Waals surface area contributed by atoms with Gasteiger partial charge < -0.3 is 5.32 Å². The molecule has 1 atom stereocenters. The van der Waals surface area contributed by atoms with Gasteiger partial charge in [-0.05, 0) is 42.6 Å². The van der Waals surface area contributed by atoms with Crippen LogP contribution < -0.4 is 9.62 Å². The number of hydrogen-bond donors (Lipinski definition) is 1. The van der Waals surface area contributed by atoms with Crippen molar-refractivity contribution < 1.29 is 13.2 Å². The molecule has 7 heteroatoms. The summed E-state index contributed by atoms with van der Waals surface area (Å²) in [4.78, 5) is 12.8. The Bertz CT molecular complexity index is 1080. The van der Waals surface area contributed by atoms with Crippen molar-refractivity contribution in [2.24, 2.45) is 0 Å². The minimum Gasteiger partial charge on any atom is -0.324 e. The van der Waals surface area contributed by atoms with Crippen LogP contribution in [-0.4, -0.2) is 26.6 Å². The van der Waals surface area contributed by atoms with Crippen molar-refractivity contribution in [3.63, 3.8) is 0 Å². The van der Waals surface area contributed by atoms with E-state index in [1.165, 1.54) is 0 Å². The summed E-state index contributed by atoms with van der Waals surface area (Å²) in [7, 11) is -3.68. The smallest absolute Gasteiger partial charge is 0.248 e. The Labute approximate surface area is 163 Å². The van der Waals surface area contributed by atoms with Crippen LogP contribution >= 0.6 is 11.6 Å². The molecule has 0 aromatic heterocycles. The molecule has 0 heterocycles. The summed E-state index contributed by atoms with van der Waals surface area (Å²) in [6, 6.07) is 18.6. The third-order valence-corrected chi connectivity index (χ3v) is 5.71. The molecule has 3 aromatic rings. The van der Waals surface area contributed by atoms with Gasteiger partial charge in [-0.2, -0.15) is 0 Å². The van der Waals surface area contributed by atoms with Crippen molar-refractivity contribution in [1.29, 1.82) is 0 Å². The highest BCUT2D eigenvalue weighted by Gasteiger charge is 2.29. The number of amides is 1. The first kappa shape index (κ1) is 19.2. The fraction of sp³-hybridized carbons (Fsp3) is 0.150. The normalized spacial score (nSPS) is 12.6. The van der Waals surface area contributed by atoms with E-state index in [1.54, 1.807) is 37.3 Å². The van der Waals surface area contributed by atoms with Crippen LogP contribution in [0.15, 0.2) is 66.7 Å². The van der Waals surface area contributed by atoms with Crippen LogP contribution in [0.4, 0.5) is 11.4 Å². The van der Waals surface area contributed by atoms with Crippen LogP contribution in [0.1, 0.15) is 6.92 Å². The van der Waals surface area contributed by atoms with Gasteiger partial charge in [0, 0.05) is 16.1 Å². The Balaban J connectivity index is 1.93. The zero-order valence-electron chi connectivity index (χ0n) is 14.9. The van der Waals surface area contributed by atoms with E-state index in [4.69, 9.17) is 11.6 Å². The summed E-state index contributed by atoms with van der Waals surface area (Å²) in [6.45, 7) is 1.55. The van der Waals surface area contributed by atoms with E-state index in [2.05, 4.69) is 5.32 Å². The van der Waals surface area contributed by atoms with E-state index in [0.29, 0.717) is 16.4 Å². The monoisotopic (exact) mass is 402 g/mol. The second kappa shape index (κ2) is 7.58. The van der Waals surface area contributed by atoms with Gasteiger partial charge in [0.15, 0.2) is 0 Å². The maximum atomic E-state index is 12.8. The van der Waals surface area contributed by atoms with Crippen molar-refractivity contribution in [3.05, 3.63) is 71.8 Å². The van der Waals surface area contributed by atoms with Crippen LogP contribution in [0.3, 0.4) is 0 Å². The van der Waals surface area contributed by atoms with Crippen molar-refractivity contribution in [2.45, 2.75) is 13.0 Å². The zero-order chi connectivity index (χ0) is 19.6. The molecule has 0 bridgehead atoms. The summed E-state index contributed by atoms with van der Waals surface area (Å²) in [6.07, 6.45) is 1.07. The van der Waals surface area contributed by atoms with E-state index in [-0.39, 0.29) is 0 Å². The number of anilines is 2. The van der Waals surface area contributed by atoms with Gasteiger partial charge >= 0.3 is 0 Å². The molecule has 5 nitrogen and oxygen atoms in total. The summed E-state index contributed by atoms with van der Waals surface area (Å²) in [5, 5.41) is 5.21. The summed E-state index contributed by atoms with van der Waals surface area (Å²) in [5.74, 6) is -0.424. The predicted molar refractivity (Wildman–Crippen MR) is 111 cm³/mol. The lowest BCUT2D eigenvalue weighted by Crippen LogP contribution is -2.45. The lowest BCUT2D eigenvalue weighted by molar-refractivity contribution is -0.116. The van der Waals surface area contributed by atoms with Crippen molar-refractivity contribution >= 4 is 49.7 Å². The molecule has 0 aliphatic heterocycles. The van der Waals surface area contributed by atoms with Crippen LogP contribution in [0.2, 0.25) is 5.02 Å². The van der Waals surface area contributed by atoms with Gasteiger partial charge in [0.25, 0.3) is 0 Å². The largest absolute Gasteiger partial charge is 0.324 e. The highest BCUT2D eigenvalue weighted by molar-refractivity contribution is 7.92. The minimum atomic E-state index is -3.68. The van der Waals surface area contributed by atoms with E-state index in [0.717, 1.165) is 21.3 Å². The molecule has 0 unspecified atom stereocenters. The first-order chi connectivity index (χ1) is 12.8. The maximum Gasteiger partial charge on any atom is 0.248 e. The van der Waals surface area contributed by atoms with Gasteiger partial charge in [-0.25, -0.2) is 8.42 Å². The van der Waals surface area contributed by atoms with Crippen LogP contribution in [0.25, 0.3) is 10.8 Å². The second-order valence-electron chi connectivity index (χ2n) is 6.23. The van der Waals surface area contributed by atoms with Gasteiger partial charge in [0.05, 0.1) is 11.9 Å². The van der Waals surface area contributed by atoms with E-state index < -0.39 is 22.0 Å². The number of carbonyl (C=O) groups is 1. The third-order valence-electron chi connectivity index (χ3n) is 4.22. The molecule has 1 amide bonds. The van der Waals surface area contributed by atoms with Crippen LogP contribution in [-0.2, 0) is 14.8 Å². The van der Waals surface area contributed by atoms with Crippen LogP contribution in [0.5, 0.6) is 0 Å². The Kier molecular flexibility index (Phi) is 5.39. The molecule has 0 aliphatic rings. The molecule has 3 rings (SSSR count). The molecular weight excluding hydrogens is 384 g/mol. The zero-order valence-corrected chi connectivity index (χ0v) is 16.5. The lowest BCUT2D eigenvalue weighted by Gasteiger charge is -2.28. The van der Waals surface area contributed by atoms with Crippen molar-refractivity contribution in [3.8, 4) is 0 Å². The number of sulfonamides is 1. The summed E-state index contributed by atoms with van der Waals surface area (Å²) < 4.78 is 25.8. The number of nitrogens with zero attached hydrogens (tertiary/aromatic N) is 1. The SMILES string of the molecule is C[C@@H](C(=O)Nc1cccc2ccccc12)N(c1ccc(Cl)cc1)S(C)(=O)=O. The number of rotatable bonds is 5. The predicted octanol–water partition coefficient (Wildman–Crippen LogP) is 4.29. The van der Waals surface area contributed by atoms with Gasteiger partial charge in [-0.1, -0.05) is 48.0 Å². The third kappa shape index (κ3) is 4.23. The number of fused-ring (bicyclic) bond motifs is 1. The number of hydrogen-bond acceptors (Lipinski definition) is 3. The molecule has 27 heavy (non-hydrogen) atoms. The number of nitrogens with one attached hydrogen (secondary N) is 1. The Morgan fingerprint density at radius 3 is 2.30 bits per heavy atom. The topological polar surface area (TPSA) is 66.5 Å². The lowest BCUT2D eigenvalue weighted by atomic mass is 10.1. The standard InChI is InChI=1S/C20H19ClN2O3S/c1-14(23(27(2,25)26)17-12-10-16(21)11-13-17)20(24)22-19-9-5-7-15-6-3-4-8-18(15)19/h3-14H,1-2H3,(H,22,24)/t14-/m0/s1. The van der Waals surface area contributed by atoms with Gasteiger partial charge in [0.1, 0.15) is 6.04 Å². The number of halogens is 1. The Hall–Kier alpha value is -2.57. The first-order valence-electron chi connectivity index (χ1n) is 8.31. The summed E-state index contributed by atoms with van der Waals surface area (Å²) >= 11 is 5.89. The first-order valence-corrected chi connectivity index (χ1v) is 10.5. The van der Waals surface area contributed by atoms with Gasteiger partial charge in [-0.15, -0.1) is 0 Å². The van der Waals surface area contributed by atoms with E-state index in [9.17, 15) is 13.2 Å². The van der Waals surface area contributed by atoms with E-state index >= 15 is 0 Å². The van der Waals surface area contributed by atoms with E-state index in [1.807, 2.05) is 36.4 Å². The molecule has 140 valence electrons.